The number of aromatic hydroxyl groups is 1. The average molecular weight is 348 g/mol. The van der Waals surface area contributed by atoms with Crippen LogP contribution < -0.4 is 14.6 Å². The molecule has 7 heteroatoms. The number of carbonyl (C=O) groups is 1. The number of phenols is 1. The van der Waals surface area contributed by atoms with E-state index in [-0.39, 0.29) is 11.3 Å². The van der Waals surface area contributed by atoms with Crippen LogP contribution in [0.2, 0.25) is 0 Å². The molecule has 24 heavy (non-hydrogen) atoms. The molecule has 0 heterocycles. The minimum atomic E-state index is -1.87. The van der Waals surface area contributed by atoms with Gasteiger partial charge < -0.3 is 15.0 Å². The highest BCUT2D eigenvalue weighted by molar-refractivity contribution is 7.82. The molecule has 0 saturated heterocycles. The van der Waals surface area contributed by atoms with E-state index in [2.05, 4.69) is 4.72 Å². The summed E-state index contributed by atoms with van der Waals surface area (Å²) >= 11 is -1.87. The standard InChI is InChI=1S/C17H20N2O4S/c1-9-5-11(3)16(12(4)6-9)23-24(22)19-13-7-10(2)15(20)14(8-13)17(18)21/h5-8,19-20H,1-4H3,(H2,18,21). The molecule has 0 spiro atoms. The van der Waals surface area contributed by atoms with Gasteiger partial charge in [-0.05, 0) is 56.5 Å². The van der Waals surface area contributed by atoms with Crippen molar-refractivity contribution in [2.75, 3.05) is 4.72 Å². The van der Waals surface area contributed by atoms with Crippen LogP contribution in [-0.4, -0.2) is 15.2 Å². The van der Waals surface area contributed by atoms with E-state index < -0.39 is 17.2 Å². The molecule has 0 bridgehead atoms. The lowest BCUT2D eigenvalue weighted by Crippen LogP contribution is -2.15. The second kappa shape index (κ2) is 6.92. The summed E-state index contributed by atoms with van der Waals surface area (Å²) < 4.78 is 20.4. The monoisotopic (exact) mass is 348 g/mol. The minimum absolute atomic E-state index is 0.0443. The lowest BCUT2D eigenvalue weighted by Gasteiger charge is -2.14. The summed E-state index contributed by atoms with van der Waals surface area (Å²) in [5.41, 5.74) is 8.83. The summed E-state index contributed by atoms with van der Waals surface area (Å²) in [5, 5.41) is 9.82. The van der Waals surface area contributed by atoms with E-state index in [1.54, 1.807) is 13.0 Å². The molecule has 128 valence electrons. The molecule has 1 atom stereocenters. The Morgan fingerprint density at radius 2 is 1.67 bits per heavy atom. The molecule has 0 fully saturated rings. The summed E-state index contributed by atoms with van der Waals surface area (Å²) in [7, 11) is 0. The maximum atomic E-state index is 12.2. The van der Waals surface area contributed by atoms with Crippen molar-refractivity contribution in [2.24, 2.45) is 5.73 Å². The number of carbonyl (C=O) groups excluding carboxylic acids is 1. The number of aryl methyl sites for hydroxylation is 4. The molecule has 0 saturated carbocycles. The van der Waals surface area contributed by atoms with E-state index in [0.29, 0.717) is 17.0 Å². The van der Waals surface area contributed by atoms with Gasteiger partial charge in [-0.1, -0.05) is 17.7 Å². The molecule has 1 amide bonds. The van der Waals surface area contributed by atoms with Crippen LogP contribution in [0.15, 0.2) is 24.3 Å². The zero-order chi connectivity index (χ0) is 18.0. The van der Waals surface area contributed by atoms with Crippen LogP contribution >= 0.6 is 0 Å². The SMILES string of the molecule is Cc1cc(C)c(OS(=O)Nc2cc(C)c(O)c(C(N)=O)c2)c(C)c1. The van der Waals surface area contributed by atoms with Gasteiger partial charge in [-0.2, -0.15) is 4.21 Å². The first-order chi connectivity index (χ1) is 11.2. The Kier molecular flexibility index (Phi) is 5.14. The molecule has 0 aliphatic rings. The average Bonchev–Trinajstić information content (AvgIpc) is 2.46. The quantitative estimate of drug-likeness (QED) is 0.723. The lowest BCUT2D eigenvalue weighted by molar-refractivity contribution is 0.0997. The molecular weight excluding hydrogens is 328 g/mol. The zero-order valence-corrected chi connectivity index (χ0v) is 14.8. The maximum absolute atomic E-state index is 12.2. The fourth-order valence-corrected chi connectivity index (χ4v) is 3.28. The molecule has 0 aliphatic carbocycles. The van der Waals surface area contributed by atoms with Gasteiger partial charge in [0.1, 0.15) is 11.5 Å². The smallest absolute Gasteiger partial charge is 0.316 e. The Balaban J connectivity index is 2.24. The summed E-state index contributed by atoms with van der Waals surface area (Å²) in [6.07, 6.45) is 0. The number of amides is 1. The highest BCUT2D eigenvalue weighted by Crippen LogP contribution is 2.28. The van der Waals surface area contributed by atoms with Gasteiger partial charge in [-0.15, -0.1) is 0 Å². The van der Waals surface area contributed by atoms with E-state index in [4.69, 9.17) is 9.92 Å². The van der Waals surface area contributed by atoms with Crippen LogP contribution in [0.1, 0.15) is 32.6 Å². The van der Waals surface area contributed by atoms with Crippen LogP contribution in [0.4, 0.5) is 5.69 Å². The topological polar surface area (TPSA) is 102 Å². The first-order valence-corrected chi connectivity index (χ1v) is 8.34. The molecule has 2 rings (SSSR count). The van der Waals surface area contributed by atoms with Crippen LogP contribution in [0.5, 0.6) is 11.5 Å². The largest absolute Gasteiger partial charge is 0.507 e. The third-order valence-electron chi connectivity index (χ3n) is 3.53. The van der Waals surface area contributed by atoms with Gasteiger partial charge in [0.25, 0.3) is 5.91 Å². The lowest BCUT2D eigenvalue weighted by atomic mass is 10.1. The molecule has 0 radical (unpaired) electrons. The second-order valence-corrected chi connectivity index (χ2v) is 6.54. The Bertz CT molecular complexity index is 811. The van der Waals surface area contributed by atoms with Gasteiger partial charge in [-0.3, -0.25) is 9.52 Å². The normalized spacial score (nSPS) is 11.8. The highest BCUT2D eigenvalue weighted by Gasteiger charge is 2.14. The van der Waals surface area contributed by atoms with Crippen molar-refractivity contribution < 1.29 is 18.3 Å². The van der Waals surface area contributed by atoms with E-state index in [0.717, 1.165) is 16.7 Å². The number of nitrogens with one attached hydrogen (secondary N) is 1. The Morgan fingerprint density at radius 3 is 2.21 bits per heavy atom. The van der Waals surface area contributed by atoms with Gasteiger partial charge in [0.15, 0.2) is 0 Å². The highest BCUT2D eigenvalue weighted by atomic mass is 32.2. The Labute approximate surface area is 143 Å². The van der Waals surface area contributed by atoms with Crippen molar-refractivity contribution in [3.05, 3.63) is 52.1 Å². The van der Waals surface area contributed by atoms with Crippen LogP contribution in [0.3, 0.4) is 0 Å². The zero-order valence-electron chi connectivity index (χ0n) is 14.0. The number of benzene rings is 2. The molecule has 6 nitrogen and oxygen atoms in total. The van der Waals surface area contributed by atoms with E-state index in [1.165, 1.54) is 6.07 Å². The Morgan fingerprint density at radius 1 is 1.08 bits per heavy atom. The predicted molar refractivity (Wildman–Crippen MR) is 94.4 cm³/mol. The van der Waals surface area contributed by atoms with Crippen molar-refractivity contribution in [3.8, 4) is 11.5 Å². The molecule has 4 N–H and O–H groups in total. The third kappa shape index (κ3) is 3.86. The van der Waals surface area contributed by atoms with E-state index >= 15 is 0 Å². The molecule has 2 aromatic rings. The molecule has 2 aromatic carbocycles. The fourth-order valence-electron chi connectivity index (χ4n) is 2.52. The van der Waals surface area contributed by atoms with Crippen LogP contribution in [0, 0.1) is 27.7 Å². The van der Waals surface area contributed by atoms with Crippen molar-refractivity contribution >= 4 is 22.9 Å². The van der Waals surface area contributed by atoms with Gasteiger partial charge >= 0.3 is 11.3 Å². The van der Waals surface area contributed by atoms with Crippen molar-refractivity contribution in [3.63, 3.8) is 0 Å². The first kappa shape index (κ1) is 17.8. The molecular formula is C17H20N2O4S. The first-order valence-electron chi connectivity index (χ1n) is 7.27. The molecule has 0 aliphatic heterocycles. The molecule has 0 aromatic heterocycles. The van der Waals surface area contributed by atoms with Gasteiger partial charge in [0.05, 0.1) is 11.3 Å². The van der Waals surface area contributed by atoms with Crippen molar-refractivity contribution in [1.29, 1.82) is 0 Å². The van der Waals surface area contributed by atoms with Crippen molar-refractivity contribution in [2.45, 2.75) is 27.7 Å². The van der Waals surface area contributed by atoms with Crippen LogP contribution in [-0.2, 0) is 11.3 Å². The van der Waals surface area contributed by atoms with Crippen LogP contribution in [0.25, 0.3) is 0 Å². The van der Waals surface area contributed by atoms with Gasteiger partial charge in [0, 0.05) is 0 Å². The second-order valence-electron chi connectivity index (χ2n) is 5.70. The summed E-state index contributed by atoms with van der Waals surface area (Å²) in [6, 6.07) is 6.77. The summed E-state index contributed by atoms with van der Waals surface area (Å²) in [5.74, 6) is -0.418. The maximum Gasteiger partial charge on any atom is 0.316 e. The third-order valence-corrected chi connectivity index (χ3v) is 4.25. The van der Waals surface area contributed by atoms with Gasteiger partial charge in [0.2, 0.25) is 0 Å². The summed E-state index contributed by atoms with van der Waals surface area (Å²) in [4.78, 5) is 11.4. The number of hydrogen-bond donors (Lipinski definition) is 3. The summed E-state index contributed by atoms with van der Waals surface area (Å²) in [6.45, 7) is 7.35. The van der Waals surface area contributed by atoms with Gasteiger partial charge in [-0.25, -0.2) is 0 Å². The van der Waals surface area contributed by atoms with Crippen molar-refractivity contribution in [1.82, 2.24) is 0 Å². The predicted octanol–water partition coefficient (Wildman–Crippen LogP) is 2.79. The van der Waals surface area contributed by atoms with E-state index in [1.807, 2.05) is 32.9 Å². The van der Waals surface area contributed by atoms with E-state index in [9.17, 15) is 14.1 Å². The number of anilines is 1. The minimum Gasteiger partial charge on any atom is -0.507 e. The Hall–Kier alpha value is -2.54. The fraction of sp³-hybridized carbons (Fsp3) is 0.235. The molecule has 1 unspecified atom stereocenters. The number of hydrogen-bond acceptors (Lipinski definition) is 4. The number of primary amides is 1. The number of nitrogens with two attached hydrogens (primary N) is 1. The number of rotatable bonds is 5.